The molecule has 2 aliphatic heterocycles. The average Bonchev–Trinajstić information content (AvgIpc) is 3.12. The van der Waals surface area contributed by atoms with Gasteiger partial charge in [-0.15, -0.1) is 0 Å². The van der Waals surface area contributed by atoms with Crippen molar-refractivity contribution in [1.29, 1.82) is 0 Å². The highest BCUT2D eigenvalue weighted by molar-refractivity contribution is 7.89. The largest absolute Gasteiger partial charge is 0.339 e. The predicted molar refractivity (Wildman–Crippen MR) is 106 cm³/mol. The van der Waals surface area contributed by atoms with Gasteiger partial charge in [0.2, 0.25) is 21.8 Å². The molecule has 0 N–H and O–H groups in total. The summed E-state index contributed by atoms with van der Waals surface area (Å²) < 4.78 is 27.3. The second-order valence-corrected chi connectivity index (χ2v) is 9.52. The fraction of sp³-hybridized carbons (Fsp3) is 0.600. The summed E-state index contributed by atoms with van der Waals surface area (Å²) in [7, 11) is -3.56. The number of sulfonamides is 1. The minimum absolute atomic E-state index is 0.0235. The maximum absolute atomic E-state index is 12.9. The summed E-state index contributed by atoms with van der Waals surface area (Å²) in [6.45, 7) is 6.21. The zero-order chi connectivity index (χ0) is 20.3. The Bertz CT molecular complexity index is 814. The van der Waals surface area contributed by atoms with Crippen molar-refractivity contribution in [3.63, 3.8) is 0 Å². The molecule has 2 amide bonds. The van der Waals surface area contributed by atoms with Gasteiger partial charge in [-0.1, -0.05) is 26.0 Å². The van der Waals surface area contributed by atoms with E-state index in [-0.39, 0.29) is 31.4 Å². The number of piperazine rings is 1. The van der Waals surface area contributed by atoms with E-state index in [9.17, 15) is 18.0 Å². The van der Waals surface area contributed by atoms with Crippen LogP contribution in [0.3, 0.4) is 0 Å². The average molecular weight is 408 g/mol. The third-order valence-corrected chi connectivity index (χ3v) is 7.70. The molecule has 3 rings (SSSR count). The lowest BCUT2D eigenvalue weighted by molar-refractivity contribution is -0.139. The van der Waals surface area contributed by atoms with Crippen molar-refractivity contribution in [2.24, 2.45) is 0 Å². The summed E-state index contributed by atoms with van der Waals surface area (Å²) in [6.07, 6.45) is 2.31. The van der Waals surface area contributed by atoms with E-state index >= 15 is 0 Å². The lowest BCUT2D eigenvalue weighted by atomic mass is 9.99. The van der Waals surface area contributed by atoms with Gasteiger partial charge in [0.25, 0.3) is 0 Å². The highest BCUT2D eigenvalue weighted by Gasteiger charge is 2.31. The number of likely N-dealkylation sites (tertiary alicyclic amines) is 1. The summed E-state index contributed by atoms with van der Waals surface area (Å²) >= 11 is 0. The van der Waals surface area contributed by atoms with Gasteiger partial charge in [0, 0.05) is 39.1 Å². The van der Waals surface area contributed by atoms with Crippen molar-refractivity contribution < 1.29 is 18.0 Å². The van der Waals surface area contributed by atoms with Crippen LogP contribution >= 0.6 is 0 Å². The first kappa shape index (κ1) is 20.8. The second-order valence-electron chi connectivity index (χ2n) is 7.58. The molecule has 0 radical (unpaired) electrons. The molecule has 0 saturated carbocycles. The third-order valence-electron chi connectivity index (χ3n) is 5.79. The molecule has 0 bridgehead atoms. The van der Waals surface area contributed by atoms with Gasteiger partial charge >= 0.3 is 0 Å². The minimum Gasteiger partial charge on any atom is -0.339 e. The number of carbonyl (C=O) groups excluding carboxylic acids is 2. The molecular formula is C20H29N3O4S. The lowest BCUT2D eigenvalue weighted by Crippen LogP contribution is -2.52. The maximum Gasteiger partial charge on any atom is 0.243 e. The number of hydrogen-bond donors (Lipinski definition) is 0. The molecule has 8 heteroatoms. The van der Waals surface area contributed by atoms with Gasteiger partial charge in [0.15, 0.2) is 0 Å². The Labute approximate surface area is 167 Å². The van der Waals surface area contributed by atoms with E-state index in [4.69, 9.17) is 0 Å². The van der Waals surface area contributed by atoms with Gasteiger partial charge in [-0.3, -0.25) is 9.59 Å². The Kier molecular flexibility index (Phi) is 6.40. The maximum atomic E-state index is 12.9. The Morgan fingerprint density at radius 3 is 2.25 bits per heavy atom. The van der Waals surface area contributed by atoms with Gasteiger partial charge in [0.05, 0.1) is 11.4 Å². The van der Waals surface area contributed by atoms with Crippen LogP contribution in [0.5, 0.6) is 0 Å². The smallest absolute Gasteiger partial charge is 0.243 e. The van der Waals surface area contributed by atoms with Crippen molar-refractivity contribution in [3.8, 4) is 0 Å². The van der Waals surface area contributed by atoms with Crippen LogP contribution in [0.1, 0.15) is 44.6 Å². The van der Waals surface area contributed by atoms with E-state index in [0.29, 0.717) is 36.9 Å². The summed E-state index contributed by atoms with van der Waals surface area (Å²) in [4.78, 5) is 27.6. The molecule has 2 aliphatic rings. The molecule has 2 heterocycles. The van der Waals surface area contributed by atoms with E-state index in [1.165, 1.54) is 4.31 Å². The number of nitrogens with zero attached hydrogens (tertiary/aromatic N) is 3. The van der Waals surface area contributed by atoms with Crippen LogP contribution in [0.4, 0.5) is 0 Å². The monoisotopic (exact) mass is 407 g/mol. The molecule has 7 nitrogen and oxygen atoms in total. The van der Waals surface area contributed by atoms with E-state index in [1.54, 1.807) is 21.9 Å². The number of hydrogen-bond acceptors (Lipinski definition) is 4. The van der Waals surface area contributed by atoms with Crippen molar-refractivity contribution in [3.05, 3.63) is 29.8 Å². The van der Waals surface area contributed by atoms with Crippen LogP contribution < -0.4 is 0 Å². The first-order valence-corrected chi connectivity index (χ1v) is 11.4. The van der Waals surface area contributed by atoms with Gasteiger partial charge in [-0.05, 0) is 36.5 Å². The molecule has 2 fully saturated rings. The summed E-state index contributed by atoms with van der Waals surface area (Å²) in [6, 6.07) is 7.11. The molecule has 154 valence electrons. The summed E-state index contributed by atoms with van der Waals surface area (Å²) in [5.41, 5.74) is 1.13. The quantitative estimate of drug-likeness (QED) is 0.718. The molecule has 1 atom stereocenters. The number of amides is 2. The fourth-order valence-corrected chi connectivity index (χ4v) is 5.09. The van der Waals surface area contributed by atoms with Crippen molar-refractivity contribution >= 4 is 21.8 Å². The first-order valence-electron chi connectivity index (χ1n) is 9.98. The van der Waals surface area contributed by atoms with E-state index in [2.05, 4.69) is 13.8 Å². The molecule has 0 aromatic heterocycles. The SMILES string of the molecule is CC[C@H](C)c1ccc(S(=O)(=O)N2CCN(C(=O)CN3CCCC3=O)CC2)cc1. The molecule has 0 aliphatic carbocycles. The number of rotatable bonds is 6. The van der Waals surface area contributed by atoms with Gasteiger partial charge in [-0.25, -0.2) is 8.42 Å². The van der Waals surface area contributed by atoms with Crippen molar-refractivity contribution in [2.75, 3.05) is 39.3 Å². The molecule has 2 saturated heterocycles. The summed E-state index contributed by atoms with van der Waals surface area (Å²) in [5, 5.41) is 0. The van der Waals surface area contributed by atoms with Crippen LogP contribution in [0.25, 0.3) is 0 Å². The molecule has 1 aromatic carbocycles. The highest BCUT2D eigenvalue weighted by atomic mass is 32.2. The molecular weight excluding hydrogens is 378 g/mol. The number of carbonyl (C=O) groups is 2. The Balaban J connectivity index is 1.58. The van der Waals surface area contributed by atoms with Crippen molar-refractivity contribution in [1.82, 2.24) is 14.1 Å². The first-order chi connectivity index (χ1) is 13.3. The second kappa shape index (κ2) is 8.61. The van der Waals surface area contributed by atoms with Crippen molar-refractivity contribution in [2.45, 2.75) is 43.9 Å². The Morgan fingerprint density at radius 1 is 1.07 bits per heavy atom. The zero-order valence-electron chi connectivity index (χ0n) is 16.6. The summed E-state index contributed by atoms with van der Waals surface area (Å²) in [5.74, 6) is 0.314. The molecule has 0 spiro atoms. The zero-order valence-corrected chi connectivity index (χ0v) is 17.5. The Hall–Kier alpha value is -1.93. The van der Waals surface area contributed by atoms with Gasteiger partial charge < -0.3 is 9.80 Å². The van der Waals surface area contributed by atoms with Crippen LogP contribution in [0.2, 0.25) is 0 Å². The van der Waals surface area contributed by atoms with E-state index < -0.39 is 10.0 Å². The third kappa shape index (κ3) is 4.38. The highest BCUT2D eigenvalue weighted by Crippen LogP contribution is 2.23. The molecule has 0 unspecified atom stereocenters. The van der Waals surface area contributed by atoms with Crippen LogP contribution in [0, 0.1) is 0 Å². The Morgan fingerprint density at radius 2 is 1.71 bits per heavy atom. The fourth-order valence-electron chi connectivity index (χ4n) is 3.67. The number of benzene rings is 1. The van der Waals surface area contributed by atoms with E-state index in [0.717, 1.165) is 18.4 Å². The van der Waals surface area contributed by atoms with E-state index in [1.807, 2.05) is 12.1 Å². The van der Waals surface area contributed by atoms with Gasteiger partial charge in [0.1, 0.15) is 0 Å². The van der Waals surface area contributed by atoms with Crippen LogP contribution in [0.15, 0.2) is 29.2 Å². The normalized spacial score (nSPS) is 19.9. The van der Waals surface area contributed by atoms with Gasteiger partial charge in [-0.2, -0.15) is 4.31 Å². The van der Waals surface area contributed by atoms with Crippen LogP contribution in [-0.2, 0) is 19.6 Å². The standard InChI is InChI=1S/C20H29N3O4S/c1-3-16(2)17-6-8-18(9-7-17)28(26,27)23-13-11-21(12-14-23)20(25)15-22-10-4-5-19(22)24/h6-9,16H,3-5,10-15H2,1-2H3/t16-/m0/s1. The lowest BCUT2D eigenvalue weighted by Gasteiger charge is -2.34. The predicted octanol–water partition coefficient (Wildman–Crippen LogP) is 1.66. The van der Waals surface area contributed by atoms with Crippen LogP contribution in [-0.4, -0.2) is 73.6 Å². The minimum atomic E-state index is -3.56. The molecule has 1 aromatic rings. The topological polar surface area (TPSA) is 78.0 Å². The molecule has 28 heavy (non-hydrogen) atoms.